The second kappa shape index (κ2) is 6.87. The van der Waals surface area contributed by atoms with Gasteiger partial charge in [0.1, 0.15) is 0 Å². The molecule has 0 atom stereocenters. The van der Waals surface area contributed by atoms with E-state index in [0.29, 0.717) is 17.1 Å². The Labute approximate surface area is 166 Å². The van der Waals surface area contributed by atoms with Crippen molar-refractivity contribution in [1.82, 2.24) is 14.7 Å². The van der Waals surface area contributed by atoms with E-state index >= 15 is 0 Å². The number of rotatable bonds is 3. The van der Waals surface area contributed by atoms with Gasteiger partial charge in [-0.05, 0) is 30.7 Å². The van der Waals surface area contributed by atoms with Gasteiger partial charge in [0.05, 0.1) is 5.56 Å². The van der Waals surface area contributed by atoms with Gasteiger partial charge in [0.15, 0.2) is 0 Å². The van der Waals surface area contributed by atoms with E-state index in [1.807, 2.05) is 85.8 Å². The first-order valence-electron chi connectivity index (χ1n) is 9.32. The van der Waals surface area contributed by atoms with Gasteiger partial charge in [0, 0.05) is 28.2 Å². The smallest absolute Gasteiger partial charge is 0.262 e. The molecule has 29 heavy (non-hydrogen) atoms. The van der Waals surface area contributed by atoms with Crippen molar-refractivity contribution >= 4 is 10.8 Å². The maximum Gasteiger partial charge on any atom is 0.262 e. The third kappa shape index (κ3) is 2.93. The lowest BCUT2D eigenvalue weighted by molar-refractivity contribution is 0.432. The van der Waals surface area contributed by atoms with Crippen LogP contribution in [0, 0.1) is 6.92 Å². The number of fused-ring (bicyclic) bond motifs is 1. The molecule has 2 aromatic heterocycles. The highest BCUT2D eigenvalue weighted by Gasteiger charge is 2.17. The van der Waals surface area contributed by atoms with Gasteiger partial charge in [0.2, 0.25) is 5.82 Å². The molecule has 0 aliphatic carbocycles. The number of para-hydroxylation sites is 1. The average Bonchev–Trinajstić information content (AvgIpc) is 3.25. The summed E-state index contributed by atoms with van der Waals surface area (Å²) in [6.45, 7) is 2.01. The fourth-order valence-electron chi connectivity index (χ4n) is 3.51. The summed E-state index contributed by atoms with van der Waals surface area (Å²) in [5.41, 5.74) is 3.40. The Hall–Kier alpha value is -3.99. The second-order valence-corrected chi connectivity index (χ2v) is 6.84. The van der Waals surface area contributed by atoms with Gasteiger partial charge in [0.25, 0.3) is 11.4 Å². The zero-order chi connectivity index (χ0) is 19.8. The molecule has 2 heterocycles. The molecule has 0 unspecified atom stereocenters. The van der Waals surface area contributed by atoms with Crippen LogP contribution in [0.1, 0.15) is 5.56 Å². The first-order valence-corrected chi connectivity index (χ1v) is 9.32. The van der Waals surface area contributed by atoms with E-state index in [9.17, 15) is 4.79 Å². The van der Waals surface area contributed by atoms with E-state index in [1.54, 1.807) is 10.8 Å². The van der Waals surface area contributed by atoms with Crippen LogP contribution in [-0.4, -0.2) is 14.7 Å². The first kappa shape index (κ1) is 17.1. The lowest BCUT2D eigenvalue weighted by Gasteiger charge is -2.10. The number of hydrogen-bond donors (Lipinski definition) is 0. The third-order valence-corrected chi connectivity index (χ3v) is 5.00. The molecule has 0 saturated heterocycles. The van der Waals surface area contributed by atoms with E-state index in [2.05, 4.69) is 10.1 Å². The van der Waals surface area contributed by atoms with E-state index in [0.717, 1.165) is 27.8 Å². The monoisotopic (exact) mass is 379 g/mol. The molecule has 5 aromatic rings. The molecule has 3 aromatic carbocycles. The highest BCUT2D eigenvalue weighted by atomic mass is 16.5. The summed E-state index contributed by atoms with van der Waals surface area (Å²) in [4.78, 5) is 17.7. The second-order valence-electron chi connectivity index (χ2n) is 6.84. The molecule has 0 aliphatic rings. The van der Waals surface area contributed by atoms with E-state index in [4.69, 9.17) is 4.52 Å². The Morgan fingerprint density at radius 1 is 0.793 bits per heavy atom. The molecule has 0 amide bonds. The molecule has 5 nitrogen and oxygen atoms in total. The highest BCUT2D eigenvalue weighted by molar-refractivity contribution is 5.94. The molecule has 0 spiro atoms. The van der Waals surface area contributed by atoms with Crippen LogP contribution in [0.3, 0.4) is 0 Å². The lowest BCUT2D eigenvalue weighted by Crippen LogP contribution is -2.18. The van der Waals surface area contributed by atoms with Gasteiger partial charge >= 0.3 is 0 Å². The van der Waals surface area contributed by atoms with Gasteiger partial charge in [-0.2, -0.15) is 4.98 Å². The Bertz CT molecular complexity index is 1380. The number of aryl methyl sites for hydroxylation is 1. The van der Waals surface area contributed by atoms with Crippen LogP contribution in [0.15, 0.2) is 94.4 Å². The number of nitrogens with zero attached hydrogens (tertiary/aromatic N) is 3. The maximum atomic E-state index is 13.1. The molecule has 0 fully saturated rings. The zero-order valence-electron chi connectivity index (χ0n) is 15.7. The normalized spacial score (nSPS) is 11.1. The molecular weight excluding hydrogens is 362 g/mol. The largest absolute Gasteiger partial charge is 0.334 e. The number of pyridine rings is 1. The fraction of sp³-hybridized carbons (Fsp3) is 0.0417. The van der Waals surface area contributed by atoms with E-state index in [-0.39, 0.29) is 5.56 Å². The fourth-order valence-corrected chi connectivity index (χ4v) is 3.51. The highest BCUT2D eigenvalue weighted by Crippen LogP contribution is 2.29. The predicted octanol–water partition coefficient (Wildman–Crippen LogP) is 5.02. The molecule has 0 N–H and O–H groups in total. The van der Waals surface area contributed by atoms with Crippen molar-refractivity contribution in [2.45, 2.75) is 6.92 Å². The van der Waals surface area contributed by atoms with Gasteiger partial charge in [-0.25, -0.2) is 0 Å². The van der Waals surface area contributed by atoms with E-state index < -0.39 is 0 Å². The molecule has 0 saturated carbocycles. The summed E-state index contributed by atoms with van der Waals surface area (Å²) in [5, 5.41) is 5.57. The standard InChI is InChI=1S/C24H17N3O2/c1-16-9-5-6-12-18(16)22-25-23(29-26-22)21-15-27(17-10-3-2-4-11-17)24(28)20-14-8-7-13-19(20)21/h2-15H,1H3. The quantitative estimate of drug-likeness (QED) is 0.442. The summed E-state index contributed by atoms with van der Waals surface area (Å²) < 4.78 is 7.24. The number of benzene rings is 3. The minimum absolute atomic E-state index is 0.0887. The van der Waals surface area contributed by atoms with Crippen LogP contribution in [0.5, 0.6) is 0 Å². The molecule has 140 valence electrons. The van der Waals surface area contributed by atoms with Gasteiger partial charge in [-0.15, -0.1) is 0 Å². The van der Waals surface area contributed by atoms with Crippen molar-refractivity contribution in [3.05, 3.63) is 101 Å². The SMILES string of the molecule is Cc1ccccc1-c1noc(-c2cn(-c3ccccc3)c(=O)c3ccccc23)n1. The van der Waals surface area contributed by atoms with Crippen molar-refractivity contribution in [3.63, 3.8) is 0 Å². The van der Waals surface area contributed by atoms with Gasteiger partial charge in [-0.1, -0.05) is 65.8 Å². The van der Waals surface area contributed by atoms with Crippen LogP contribution < -0.4 is 5.56 Å². The summed E-state index contributed by atoms with van der Waals surface area (Å²) in [6, 6.07) is 24.9. The average molecular weight is 379 g/mol. The van der Waals surface area contributed by atoms with Crippen molar-refractivity contribution in [3.8, 4) is 28.5 Å². The van der Waals surface area contributed by atoms with Crippen molar-refractivity contribution in [2.75, 3.05) is 0 Å². The molecule has 0 bridgehead atoms. The summed E-state index contributed by atoms with van der Waals surface area (Å²) in [6.07, 6.45) is 1.77. The topological polar surface area (TPSA) is 60.9 Å². The minimum Gasteiger partial charge on any atom is -0.334 e. The van der Waals surface area contributed by atoms with Crippen LogP contribution in [0.25, 0.3) is 39.3 Å². The Kier molecular flexibility index (Phi) is 4.06. The number of hydrogen-bond acceptors (Lipinski definition) is 4. The van der Waals surface area contributed by atoms with Crippen LogP contribution in [0.2, 0.25) is 0 Å². The zero-order valence-corrected chi connectivity index (χ0v) is 15.7. The van der Waals surface area contributed by atoms with E-state index in [1.165, 1.54) is 0 Å². The van der Waals surface area contributed by atoms with Crippen LogP contribution >= 0.6 is 0 Å². The minimum atomic E-state index is -0.0887. The lowest BCUT2D eigenvalue weighted by atomic mass is 10.1. The van der Waals surface area contributed by atoms with Crippen molar-refractivity contribution in [2.24, 2.45) is 0 Å². The van der Waals surface area contributed by atoms with Crippen LogP contribution in [-0.2, 0) is 0 Å². The first-order chi connectivity index (χ1) is 14.2. The molecule has 5 heteroatoms. The summed E-state index contributed by atoms with van der Waals surface area (Å²) in [7, 11) is 0. The molecule has 0 aliphatic heterocycles. The van der Waals surface area contributed by atoms with Crippen LogP contribution in [0.4, 0.5) is 0 Å². The van der Waals surface area contributed by atoms with Crippen molar-refractivity contribution in [1.29, 1.82) is 0 Å². The Balaban J connectivity index is 1.75. The Morgan fingerprint density at radius 2 is 1.48 bits per heavy atom. The molecule has 0 radical (unpaired) electrons. The molecule has 5 rings (SSSR count). The molecular formula is C24H17N3O2. The third-order valence-electron chi connectivity index (χ3n) is 5.00. The predicted molar refractivity (Wildman–Crippen MR) is 113 cm³/mol. The van der Waals surface area contributed by atoms with Gasteiger partial charge < -0.3 is 4.52 Å². The summed E-state index contributed by atoms with van der Waals surface area (Å²) >= 11 is 0. The maximum absolute atomic E-state index is 13.1. The van der Waals surface area contributed by atoms with Gasteiger partial charge in [-0.3, -0.25) is 9.36 Å². The summed E-state index contributed by atoms with van der Waals surface area (Å²) in [5.74, 6) is 0.906. The Morgan fingerprint density at radius 3 is 2.28 bits per heavy atom. The number of aromatic nitrogens is 3. The van der Waals surface area contributed by atoms with Crippen molar-refractivity contribution < 1.29 is 4.52 Å².